The number of nitrogens with one attached hydrogen (secondary N) is 2. The average Bonchev–Trinajstić information content (AvgIpc) is 2.34. The fourth-order valence-corrected chi connectivity index (χ4v) is 0.888. The molecular weight excluding hydrogens is 170 g/mol. The van der Waals surface area contributed by atoms with Crippen LogP contribution in [-0.4, -0.2) is 22.2 Å². The molecule has 0 saturated heterocycles. The van der Waals surface area contributed by atoms with E-state index in [0.29, 0.717) is 11.6 Å². The average molecular weight is 183 g/mol. The SMILES string of the molecule is CC(=O)Oc1c[nH]nc1NC(C)C. The van der Waals surface area contributed by atoms with Gasteiger partial charge in [-0.3, -0.25) is 9.89 Å². The van der Waals surface area contributed by atoms with Gasteiger partial charge >= 0.3 is 5.97 Å². The number of carbonyl (C=O) groups is 1. The Labute approximate surface area is 76.5 Å². The lowest BCUT2D eigenvalue weighted by molar-refractivity contribution is -0.131. The van der Waals surface area contributed by atoms with E-state index >= 15 is 0 Å². The summed E-state index contributed by atoms with van der Waals surface area (Å²) in [6, 6.07) is 0.248. The monoisotopic (exact) mass is 183 g/mol. The highest BCUT2D eigenvalue weighted by Crippen LogP contribution is 2.20. The highest BCUT2D eigenvalue weighted by molar-refractivity contribution is 5.71. The van der Waals surface area contributed by atoms with Crippen LogP contribution in [0.5, 0.6) is 5.75 Å². The molecule has 0 aliphatic rings. The lowest BCUT2D eigenvalue weighted by atomic mass is 10.4. The lowest BCUT2D eigenvalue weighted by Crippen LogP contribution is -2.12. The normalized spacial score (nSPS) is 10.2. The predicted molar refractivity (Wildman–Crippen MR) is 48.7 cm³/mol. The van der Waals surface area contributed by atoms with Gasteiger partial charge in [0, 0.05) is 13.0 Å². The zero-order valence-electron chi connectivity index (χ0n) is 7.92. The van der Waals surface area contributed by atoms with E-state index in [9.17, 15) is 4.79 Å². The summed E-state index contributed by atoms with van der Waals surface area (Å²) in [7, 11) is 0. The van der Waals surface area contributed by atoms with Crippen LogP contribution in [0.1, 0.15) is 20.8 Å². The summed E-state index contributed by atoms with van der Waals surface area (Å²) < 4.78 is 4.89. The maximum atomic E-state index is 10.7. The molecule has 0 aromatic carbocycles. The number of carbonyl (C=O) groups excluding carboxylic acids is 1. The van der Waals surface area contributed by atoms with E-state index in [-0.39, 0.29) is 12.0 Å². The fourth-order valence-electron chi connectivity index (χ4n) is 0.888. The molecule has 1 aromatic rings. The highest BCUT2D eigenvalue weighted by atomic mass is 16.5. The maximum Gasteiger partial charge on any atom is 0.308 e. The van der Waals surface area contributed by atoms with Gasteiger partial charge in [-0.15, -0.1) is 0 Å². The van der Waals surface area contributed by atoms with Gasteiger partial charge < -0.3 is 10.1 Å². The first kappa shape index (κ1) is 9.57. The van der Waals surface area contributed by atoms with E-state index in [2.05, 4.69) is 15.5 Å². The van der Waals surface area contributed by atoms with Crippen molar-refractivity contribution in [2.45, 2.75) is 26.8 Å². The molecule has 0 aliphatic carbocycles. The largest absolute Gasteiger partial charge is 0.421 e. The van der Waals surface area contributed by atoms with Crippen molar-refractivity contribution in [1.29, 1.82) is 0 Å². The molecule has 2 N–H and O–H groups in total. The Morgan fingerprint density at radius 3 is 2.92 bits per heavy atom. The minimum absolute atomic E-state index is 0.248. The number of aromatic nitrogens is 2. The molecule has 0 fully saturated rings. The summed E-state index contributed by atoms with van der Waals surface area (Å²) in [5.74, 6) is 0.639. The van der Waals surface area contributed by atoms with Gasteiger partial charge in [-0.25, -0.2) is 0 Å². The number of aromatic amines is 1. The maximum absolute atomic E-state index is 10.7. The Kier molecular flexibility index (Phi) is 2.89. The molecule has 1 rings (SSSR count). The first-order valence-electron chi connectivity index (χ1n) is 4.08. The molecule has 0 amide bonds. The van der Waals surface area contributed by atoms with E-state index in [4.69, 9.17) is 4.74 Å². The Hall–Kier alpha value is -1.52. The van der Waals surface area contributed by atoms with Gasteiger partial charge in [-0.05, 0) is 13.8 Å². The number of anilines is 1. The van der Waals surface area contributed by atoms with E-state index in [0.717, 1.165) is 0 Å². The van der Waals surface area contributed by atoms with Crippen LogP contribution in [0.2, 0.25) is 0 Å². The number of hydrogen-bond donors (Lipinski definition) is 2. The third kappa shape index (κ3) is 2.77. The first-order valence-corrected chi connectivity index (χ1v) is 4.08. The topological polar surface area (TPSA) is 67.0 Å². The van der Waals surface area contributed by atoms with Gasteiger partial charge in [-0.1, -0.05) is 0 Å². The van der Waals surface area contributed by atoms with Crippen LogP contribution in [0, 0.1) is 0 Å². The lowest BCUT2D eigenvalue weighted by Gasteiger charge is -2.07. The van der Waals surface area contributed by atoms with Crippen molar-refractivity contribution < 1.29 is 9.53 Å². The summed E-state index contributed by atoms with van der Waals surface area (Å²) in [5, 5.41) is 9.55. The third-order valence-electron chi connectivity index (χ3n) is 1.28. The zero-order valence-corrected chi connectivity index (χ0v) is 7.92. The van der Waals surface area contributed by atoms with Crippen molar-refractivity contribution in [3.05, 3.63) is 6.20 Å². The highest BCUT2D eigenvalue weighted by Gasteiger charge is 2.09. The minimum atomic E-state index is -0.354. The number of ether oxygens (including phenoxy) is 1. The third-order valence-corrected chi connectivity index (χ3v) is 1.28. The van der Waals surface area contributed by atoms with Crippen molar-refractivity contribution in [1.82, 2.24) is 10.2 Å². The van der Waals surface area contributed by atoms with Crippen molar-refractivity contribution in [3.8, 4) is 5.75 Å². The van der Waals surface area contributed by atoms with Gasteiger partial charge in [0.25, 0.3) is 0 Å². The van der Waals surface area contributed by atoms with Crippen molar-refractivity contribution >= 4 is 11.8 Å². The Balaban J connectivity index is 2.71. The second-order valence-corrected chi connectivity index (χ2v) is 2.99. The zero-order chi connectivity index (χ0) is 9.84. The molecule has 0 aliphatic heterocycles. The fraction of sp³-hybridized carbons (Fsp3) is 0.500. The second-order valence-electron chi connectivity index (χ2n) is 2.99. The summed E-state index contributed by atoms with van der Waals surface area (Å²) in [6.45, 7) is 5.31. The van der Waals surface area contributed by atoms with Gasteiger partial charge in [0.05, 0.1) is 6.20 Å². The molecule has 0 unspecified atom stereocenters. The molecular formula is C8H13N3O2. The Morgan fingerprint density at radius 2 is 2.38 bits per heavy atom. The van der Waals surface area contributed by atoms with Crippen molar-refractivity contribution in [2.75, 3.05) is 5.32 Å². The number of nitrogens with zero attached hydrogens (tertiary/aromatic N) is 1. The van der Waals surface area contributed by atoms with Gasteiger partial charge in [0.15, 0.2) is 11.6 Å². The van der Waals surface area contributed by atoms with E-state index in [1.165, 1.54) is 13.1 Å². The van der Waals surface area contributed by atoms with E-state index in [1.54, 1.807) is 0 Å². The molecule has 5 nitrogen and oxygen atoms in total. The Bertz CT molecular complexity index is 293. The predicted octanol–water partition coefficient (Wildman–Crippen LogP) is 1.16. The molecule has 13 heavy (non-hydrogen) atoms. The number of H-pyrrole nitrogens is 1. The van der Waals surface area contributed by atoms with Gasteiger partial charge in [0.1, 0.15) is 0 Å². The van der Waals surface area contributed by atoms with Crippen LogP contribution in [0.15, 0.2) is 6.20 Å². The molecule has 72 valence electrons. The molecule has 0 atom stereocenters. The summed E-state index contributed by atoms with van der Waals surface area (Å²) >= 11 is 0. The van der Waals surface area contributed by atoms with Crippen molar-refractivity contribution in [3.63, 3.8) is 0 Å². The minimum Gasteiger partial charge on any atom is -0.421 e. The van der Waals surface area contributed by atoms with Crippen LogP contribution < -0.4 is 10.1 Å². The second kappa shape index (κ2) is 3.93. The molecule has 0 saturated carbocycles. The van der Waals surface area contributed by atoms with Crippen LogP contribution in [0.25, 0.3) is 0 Å². The first-order chi connectivity index (χ1) is 6.09. The number of rotatable bonds is 3. The van der Waals surface area contributed by atoms with Crippen LogP contribution in [0.4, 0.5) is 5.82 Å². The standard InChI is InChI=1S/C8H13N3O2/c1-5(2)10-8-7(4-9-11-8)13-6(3)12/h4-5H,1-3H3,(H2,9,10,11). The summed E-state index contributed by atoms with van der Waals surface area (Å²) in [4.78, 5) is 10.7. The summed E-state index contributed by atoms with van der Waals surface area (Å²) in [5.41, 5.74) is 0. The van der Waals surface area contributed by atoms with E-state index in [1.807, 2.05) is 13.8 Å². The number of esters is 1. The quantitative estimate of drug-likeness (QED) is 0.690. The number of hydrogen-bond acceptors (Lipinski definition) is 4. The van der Waals surface area contributed by atoms with Gasteiger partial charge in [-0.2, -0.15) is 5.10 Å². The van der Waals surface area contributed by atoms with Crippen LogP contribution >= 0.6 is 0 Å². The summed E-state index contributed by atoms with van der Waals surface area (Å²) in [6.07, 6.45) is 1.53. The molecule has 0 spiro atoms. The van der Waals surface area contributed by atoms with Crippen molar-refractivity contribution in [2.24, 2.45) is 0 Å². The smallest absolute Gasteiger partial charge is 0.308 e. The molecule has 1 aromatic heterocycles. The van der Waals surface area contributed by atoms with E-state index < -0.39 is 0 Å². The molecule has 0 bridgehead atoms. The Morgan fingerprint density at radius 1 is 1.69 bits per heavy atom. The molecule has 5 heteroatoms. The van der Waals surface area contributed by atoms with Gasteiger partial charge in [0.2, 0.25) is 0 Å². The van der Waals surface area contributed by atoms with Crippen LogP contribution in [0.3, 0.4) is 0 Å². The molecule has 0 radical (unpaired) electrons. The van der Waals surface area contributed by atoms with Crippen LogP contribution in [-0.2, 0) is 4.79 Å². The molecule has 1 heterocycles.